The topological polar surface area (TPSA) is 95.8 Å². The molecule has 0 saturated heterocycles. The zero-order valence-corrected chi connectivity index (χ0v) is 27.8. The number of rotatable bonds is 18. The summed E-state index contributed by atoms with van der Waals surface area (Å²) >= 11 is 6.09. The number of unbranched alkanes of at least 4 members (excludes halogenated alkanes) is 10. The van der Waals surface area contributed by atoms with Gasteiger partial charge in [0.05, 0.1) is 28.2 Å². The third kappa shape index (κ3) is 10.9. The Morgan fingerprint density at radius 1 is 1.00 bits per heavy atom. The van der Waals surface area contributed by atoms with Crippen molar-refractivity contribution in [3.05, 3.63) is 85.3 Å². The number of benzene rings is 1. The minimum Gasteiger partial charge on any atom is -0.469 e. The highest BCUT2D eigenvalue weighted by Gasteiger charge is 2.35. The molecule has 1 atom stereocenters. The molecule has 0 aliphatic carbocycles. The molecule has 0 amide bonds. The third-order valence-corrected chi connectivity index (χ3v) is 8.47. The number of hydrogen-bond acceptors (Lipinski definition) is 6. The summed E-state index contributed by atoms with van der Waals surface area (Å²) in [5.74, 6) is -1.69. The Morgan fingerprint density at radius 2 is 1.62 bits per heavy atom. The van der Waals surface area contributed by atoms with E-state index in [0.717, 1.165) is 44.6 Å². The zero-order chi connectivity index (χ0) is 34.6. The smallest absolute Gasteiger partial charge is 0.431 e. The van der Waals surface area contributed by atoms with Crippen molar-refractivity contribution < 1.29 is 31.6 Å². The Hall–Kier alpha value is -3.67. The highest BCUT2D eigenvalue weighted by molar-refractivity contribution is 6.33. The summed E-state index contributed by atoms with van der Waals surface area (Å²) in [7, 11) is 0.789. The van der Waals surface area contributed by atoms with Gasteiger partial charge in [-0.1, -0.05) is 94.3 Å². The fourth-order valence-electron chi connectivity index (χ4n) is 5.41. The Bertz CT molecular complexity index is 1610. The second-order valence-corrected chi connectivity index (χ2v) is 12.1. The molecule has 8 nitrogen and oxygen atoms in total. The van der Waals surface area contributed by atoms with E-state index >= 15 is 0 Å². The molecule has 0 saturated carbocycles. The number of carbonyl (C=O) groups is 1. The van der Waals surface area contributed by atoms with E-state index in [0.29, 0.717) is 18.2 Å². The molecule has 3 rings (SSSR count). The van der Waals surface area contributed by atoms with Crippen LogP contribution in [0.25, 0.3) is 5.69 Å². The van der Waals surface area contributed by atoms with Gasteiger partial charge in [0, 0.05) is 25.5 Å². The van der Waals surface area contributed by atoms with Crippen LogP contribution in [0.5, 0.6) is 0 Å². The number of hydrogen-bond donors (Lipinski definition) is 0. The van der Waals surface area contributed by atoms with Crippen LogP contribution in [0.15, 0.2) is 55.8 Å². The van der Waals surface area contributed by atoms with Crippen molar-refractivity contribution in [1.29, 1.82) is 0 Å². The number of aromatic nitrogens is 2. The maximum Gasteiger partial charge on any atom is 0.431 e. The number of oxime groups is 1. The lowest BCUT2D eigenvalue weighted by Gasteiger charge is -2.16. The number of carbonyl (C=O) groups excluding carboxylic acids is 1. The Morgan fingerprint density at radius 3 is 2.19 bits per heavy atom. The van der Waals surface area contributed by atoms with E-state index in [1.54, 1.807) is 19.3 Å². The molecule has 0 N–H and O–H groups in total. The van der Waals surface area contributed by atoms with E-state index in [2.05, 4.69) is 12.1 Å². The van der Waals surface area contributed by atoms with Crippen molar-refractivity contribution in [2.75, 3.05) is 0 Å². The van der Waals surface area contributed by atoms with Crippen LogP contribution in [0.4, 0.5) is 17.6 Å². The maximum atomic E-state index is 14.9. The minimum absolute atomic E-state index is 0.111. The zero-order valence-electron chi connectivity index (χ0n) is 27.0. The summed E-state index contributed by atoms with van der Waals surface area (Å²) in [5.41, 5.74) is -5.14. The lowest BCUT2D eigenvalue weighted by Crippen LogP contribution is -2.41. The van der Waals surface area contributed by atoms with Crippen LogP contribution in [-0.4, -0.2) is 20.8 Å². The number of alkyl halides is 3. The molecule has 47 heavy (non-hydrogen) atoms. The molecule has 0 aliphatic heterocycles. The molecule has 3 aromatic rings. The van der Waals surface area contributed by atoms with E-state index in [1.807, 2.05) is 6.07 Å². The molecule has 13 heteroatoms. The summed E-state index contributed by atoms with van der Waals surface area (Å²) in [6.45, 7) is 3.93. The molecule has 1 unspecified atom stereocenters. The van der Waals surface area contributed by atoms with Gasteiger partial charge < -0.3 is 9.25 Å². The fourth-order valence-corrected chi connectivity index (χ4v) is 5.63. The first-order valence-electron chi connectivity index (χ1n) is 16.0. The van der Waals surface area contributed by atoms with Gasteiger partial charge in [-0.2, -0.15) is 13.2 Å². The highest BCUT2D eigenvalue weighted by Crippen LogP contribution is 2.28. The molecule has 1 aromatic carbocycles. The van der Waals surface area contributed by atoms with Crippen LogP contribution in [0.3, 0.4) is 0 Å². The first kappa shape index (κ1) is 37.8. The molecule has 0 radical (unpaired) electrons. The number of furan rings is 1. The Labute approximate surface area is 276 Å². The second-order valence-electron chi connectivity index (χ2n) is 11.7. The Kier molecular flexibility index (Phi) is 14.5. The summed E-state index contributed by atoms with van der Waals surface area (Å²) in [6.07, 6.45) is 11.1. The lowest BCUT2D eigenvalue weighted by molar-refractivity contribution is -0.144. The fraction of sp³-hybridized carbons (Fsp3) is 0.529. The molecule has 0 bridgehead atoms. The SMILES string of the molecule is CCCCCCCCCCCCCC(Cc1ccco1)C(C)=NOC(=O)c1cc(-n2c(=O)cc(C(F)(F)F)n(C)c2=O)c(F)cc1Cl. The van der Waals surface area contributed by atoms with Crippen LogP contribution in [0, 0.1) is 11.7 Å². The average Bonchev–Trinajstić information content (AvgIpc) is 3.53. The Balaban J connectivity index is 1.70. The van der Waals surface area contributed by atoms with Gasteiger partial charge in [-0.05, 0) is 37.6 Å². The summed E-state index contributed by atoms with van der Waals surface area (Å²) in [4.78, 5) is 43.4. The van der Waals surface area contributed by atoms with Gasteiger partial charge in [-0.25, -0.2) is 18.5 Å². The minimum atomic E-state index is -5.00. The van der Waals surface area contributed by atoms with E-state index < -0.39 is 51.2 Å². The van der Waals surface area contributed by atoms with Crippen molar-refractivity contribution in [1.82, 2.24) is 9.13 Å². The average molecular weight is 684 g/mol. The van der Waals surface area contributed by atoms with Crippen molar-refractivity contribution >= 4 is 23.3 Å². The number of nitrogens with zero attached hydrogens (tertiary/aromatic N) is 3. The first-order chi connectivity index (χ1) is 22.3. The highest BCUT2D eigenvalue weighted by atomic mass is 35.5. The summed E-state index contributed by atoms with van der Waals surface area (Å²) in [6, 6.07) is 5.23. The normalized spacial score (nSPS) is 12.8. The van der Waals surface area contributed by atoms with Crippen LogP contribution in [0.1, 0.15) is 113 Å². The number of halogens is 5. The van der Waals surface area contributed by atoms with Gasteiger partial charge in [0.2, 0.25) is 0 Å². The predicted octanol–water partition coefficient (Wildman–Crippen LogP) is 9.03. The molecule has 0 fully saturated rings. The maximum absolute atomic E-state index is 14.9. The van der Waals surface area contributed by atoms with E-state index in [-0.39, 0.29) is 21.1 Å². The lowest BCUT2D eigenvalue weighted by atomic mass is 9.92. The molecular weight excluding hydrogens is 642 g/mol. The van der Waals surface area contributed by atoms with Crippen LogP contribution in [0.2, 0.25) is 5.02 Å². The summed E-state index contributed by atoms with van der Waals surface area (Å²) in [5, 5.41) is 3.61. The van der Waals surface area contributed by atoms with Gasteiger partial charge in [-0.3, -0.25) is 9.36 Å². The van der Waals surface area contributed by atoms with Crippen molar-refractivity contribution in [3.8, 4) is 5.69 Å². The quantitative estimate of drug-likeness (QED) is 0.0438. The van der Waals surface area contributed by atoms with Crippen molar-refractivity contribution in [2.45, 2.75) is 103 Å². The van der Waals surface area contributed by atoms with E-state index in [1.165, 1.54) is 51.4 Å². The summed E-state index contributed by atoms with van der Waals surface area (Å²) < 4.78 is 60.5. The largest absolute Gasteiger partial charge is 0.469 e. The van der Waals surface area contributed by atoms with Crippen LogP contribution >= 0.6 is 11.6 Å². The van der Waals surface area contributed by atoms with E-state index in [9.17, 15) is 31.9 Å². The molecule has 0 spiro atoms. The van der Waals surface area contributed by atoms with Crippen LogP contribution in [-0.2, 0) is 24.5 Å². The molecule has 2 heterocycles. The van der Waals surface area contributed by atoms with Gasteiger partial charge in [0.25, 0.3) is 5.56 Å². The predicted molar refractivity (Wildman–Crippen MR) is 173 cm³/mol. The van der Waals surface area contributed by atoms with Crippen LogP contribution < -0.4 is 11.2 Å². The van der Waals surface area contributed by atoms with Gasteiger partial charge in [0.1, 0.15) is 17.3 Å². The van der Waals surface area contributed by atoms with Gasteiger partial charge >= 0.3 is 17.8 Å². The molecule has 258 valence electrons. The van der Waals surface area contributed by atoms with Crippen molar-refractivity contribution in [2.24, 2.45) is 18.1 Å². The second kappa shape index (κ2) is 18.0. The molecule has 0 aliphatic rings. The monoisotopic (exact) mass is 683 g/mol. The molecule has 2 aromatic heterocycles. The van der Waals surface area contributed by atoms with Gasteiger partial charge in [-0.15, -0.1) is 0 Å². The van der Waals surface area contributed by atoms with Gasteiger partial charge in [0.15, 0.2) is 0 Å². The molecular formula is C34H42ClF4N3O5. The van der Waals surface area contributed by atoms with Crippen molar-refractivity contribution in [3.63, 3.8) is 0 Å². The van der Waals surface area contributed by atoms with E-state index in [4.69, 9.17) is 20.9 Å². The first-order valence-corrected chi connectivity index (χ1v) is 16.4. The third-order valence-electron chi connectivity index (χ3n) is 8.16. The standard InChI is InChI=1S/C34H42ClF4N3O5/c1-4-5-6-7-8-9-10-11-12-13-14-16-24(19-25-17-15-18-46-25)23(2)40-47-32(44)26-20-29(28(36)21-27(26)35)42-31(43)22-30(34(37,38)39)41(3)33(42)45/h15,17-18,20-22,24H,4-14,16,19H2,1-3H3.